The number of fused-ring (bicyclic) bond motifs is 1. The van der Waals surface area contributed by atoms with Gasteiger partial charge in [0, 0.05) is 24.7 Å². The van der Waals surface area contributed by atoms with Crippen LogP contribution in [0.15, 0.2) is 30.5 Å². The molecule has 0 saturated carbocycles. The number of para-hydroxylation sites is 1. The summed E-state index contributed by atoms with van der Waals surface area (Å²) in [5.41, 5.74) is 8.35. The first-order chi connectivity index (χ1) is 9.43. The Morgan fingerprint density at radius 1 is 1.25 bits per heavy atom. The first-order valence-electron chi connectivity index (χ1n) is 6.88. The predicted octanol–water partition coefficient (Wildman–Crippen LogP) is 3.00. The molecule has 2 aromatic rings. The van der Waals surface area contributed by atoms with Gasteiger partial charge in [-0.05, 0) is 18.9 Å². The van der Waals surface area contributed by atoms with Crippen molar-refractivity contribution in [1.82, 2.24) is 4.98 Å². The minimum atomic E-state index is 0.0565. The van der Waals surface area contributed by atoms with E-state index in [1.54, 1.807) is 6.20 Å². The molecule has 0 saturated heterocycles. The summed E-state index contributed by atoms with van der Waals surface area (Å²) in [6.07, 6.45) is 1.70. The second-order valence-corrected chi connectivity index (χ2v) is 5.55. The molecule has 4 heteroatoms. The Morgan fingerprint density at radius 3 is 2.50 bits per heavy atom. The van der Waals surface area contributed by atoms with E-state index in [9.17, 15) is 0 Å². The third-order valence-corrected chi connectivity index (χ3v) is 3.97. The Kier molecular flexibility index (Phi) is 3.93. The van der Waals surface area contributed by atoms with Crippen molar-refractivity contribution in [2.75, 3.05) is 11.9 Å². The normalized spacial score (nSPS) is 12.7. The molecule has 1 atom stereocenters. The van der Waals surface area contributed by atoms with Gasteiger partial charge >= 0.3 is 0 Å². The van der Waals surface area contributed by atoms with E-state index in [-0.39, 0.29) is 5.84 Å². The zero-order valence-electron chi connectivity index (χ0n) is 12.5. The summed E-state index contributed by atoms with van der Waals surface area (Å²) in [6, 6.07) is 8.33. The van der Waals surface area contributed by atoms with Crippen LogP contribution in [0.3, 0.4) is 0 Å². The van der Waals surface area contributed by atoms with Crippen LogP contribution in [0.1, 0.15) is 26.3 Å². The molecule has 0 aliphatic carbocycles. The lowest BCUT2D eigenvalue weighted by atomic mass is 10.0. The van der Waals surface area contributed by atoms with Gasteiger partial charge in [0.05, 0.1) is 16.8 Å². The Balaban J connectivity index is 2.69. The number of nitrogen functional groups attached to an aromatic ring is 1. The summed E-state index contributed by atoms with van der Waals surface area (Å²) in [5, 5.41) is 8.84. The molecule has 1 unspecified atom stereocenters. The minimum Gasteiger partial charge on any atom is -0.384 e. The van der Waals surface area contributed by atoms with Crippen LogP contribution in [0.25, 0.3) is 10.9 Å². The van der Waals surface area contributed by atoms with Crippen LogP contribution in [0.2, 0.25) is 0 Å². The Morgan fingerprint density at radius 2 is 1.90 bits per heavy atom. The van der Waals surface area contributed by atoms with Gasteiger partial charge in [0.15, 0.2) is 0 Å². The molecule has 4 nitrogen and oxygen atoms in total. The second-order valence-electron chi connectivity index (χ2n) is 5.55. The summed E-state index contributed by atoms with van der Waals surface area (Å²) in [6.45, 7) is 6.57. The summed E-state index contributed by atoms with van der Waals surface area (Å²) < 4.78 is 0. The number of benzene rings is 1. The number of pyridine rings is 1. The van der Waals surface area contributed by atoms with E-state index >= 15 is 0 Å². The van der Waals surface area contributed by atoms with Crippen LogP contribution in [0.5, 0.6) is 0 Å². The molecule has 3 N–H and O–H groups in total. The first kappa shape index (κ1) is 14.3. The number of rotatable bonds is 4. The van der Waals surface area contributed by atoms with Gasteiger partial charge in [0.1, 0.15) is 5.84 Å². The fourth-order valence-electron chi connectivity index (χ4n) is 2.35. The van der Waals surface area contributed by atoms with Gasteiger partial charge in [-0.1, -0.05) is 32.0 Å². The number of hydrogen-bond acceptors (Lipinski definition) is 3. The number of aromatic nitrogens is 1. The number of amidine groups is 1. The second kappa shape index (κ2) is 5.49. The monoisotopic (exact) mass is 270 g/mol. The number of nitrogens with zero attached hydrogens (tertiary/aromatic N) is 2. The van der Waals surface area contributed by atoms with Gasteiger partial charge in [-0.25, -0.2) is 0 Å². The van der Waals surface area contributed by atoms with Crippen LogP contribution in [-0.2, 0) is 0 Å². The third-order valence-electron chi connectivity index (χ3n) is 3.97. The molecule has 0 bridgehead atoms. The predicted molar refractivity (Wildman–Crippen MR) is 85.5 cm³/mol. The van der Waals surface area contributed by atoms with Crippen LogP contribution >= 0.6 is 0 Å². The van der Waals surface area contributed by atoms with E-state index in [1.807, 2.05) is 24.3 Å². The molecule has 1 heterocycles. The zero-order valence-corrected chi connectivity index (χ0v) is 12.5. The molecular weight excluding hydrogens is 248 g/mol. The maximum absolute atomic E-state index is 7.80. The van der Waals surface area contributed by atoms with Gasteiger partial charge in [0.25, 0.3) is 0 Å². The Bertz CT molecular complexity index is 633. The summed E-state index contributed by atoms with van der Waals surface area (Å²) in [7, 11) is 2.05. The number of anilines is 1. The van der Waals surface area contributed by atoms with Crippen molar-refractivity contribution in [2.24, 2.45) is 11.7 Å². The average Bonchev–Trinajstić information content (AvgIpc) is 2.44. The standard InChI is InChI=1S/C16H22N4/c1-10(2)11(3)20(4)15-12-7-5-6-8-14(12)19-9-13(15)16(17)18/h5-11H,1-4H3,(H3,17,18). The van der Waals surface area contributed by atoms with Crippen molar-refractivity contribution in [3.63, 3.8) is 0 Å². The number of nitrogens with two attached hydrogens (primary N) is 1. The number of hydrogen-bond donors (Lipinski definition) is 2. The molecular formula is C16H22N4. The molecule has 106 valence electrons. The van der Waals surface area contributed by atoms with Crippen LogP contribution < -0.4 is 10.6 Å². The molecule has 0 spiro atoms. The van der Waals surface area contributed by atoms with E-state index in [0.717, 1.165) is 16.6 Å². The van der Waals surface area contributed by atoms with Crippen molar-refractivity contribution < 1.29 is 0 Å². The minimum absolute atomic E-state index is 0.0565. The maximum Gasteiger partial charge on any atom is 0.126 e. The maximum atomic E-state index is 7.80. The van der Waals surface area contributed by atoms with E-state index in [1.165, 1.54) is 0 Å². The quantitative estimate of drug-likeness (QED) is 0.663. The number of nitrogens with one attached hydrogen (secondary N) is 1. The SMILES string of the molecule is CC(C)C(C)N(C)c1c(C(=N)N)cnc2ccccc12. The molecule has 0 radical (unpaired) electrons. The summed E-state index contributed by atoms with van der Waals surface area (Å²) in [5.74, 6) is 0.563. The van der Waals surface area contributed by atoms with E-state index in [2.05, 4.69) is 37.7 Å². The highest BCUT2D eigenvalue weighted by Gasteiger charge is 2.20. The highest BCUT2D eigenvalue weighted by atomic mass is 15.1. The van der Waals surface area contributed by atoms with Crippen molar-refractivity contribution in [1.29, 1.82) is 5.41 Å². The van der Waals surface area contributed by atoms with Gasteiger partial charge in [-0.3, -0.25) is 10.4 Å². The molecule has 0 aliphatic heterocycles. The molecule has 0 fully saturated rings. The molecule has 20 heavy (non-hydrogen) atoms. The largest absolute Gasteiger partial charge is 0.384 e. The van der Waals surface area contributed by atoms with E-state index in [4.69, 9.17) is 11.1 Å². The van der Waals surface area contributed by atoms with Crippen molar-refractivity contribution in [3.8, 4) is 0 Å². The van der Waals surface area contributed by atoms with Crippen molar-refractivity contribution in [2.45, 2.75) is 26.8 Å². The molecule has 2 rings (SSSR count). The molecule has 0 amide bonds. The van der Waals surface area contributed by atoms with Crippen LogP contribution in [-0.4, -0.2) is 23.9 Å². The lowest BCUT2D eigenvalue weighted by molar-refractivity contribution is 0.506. The van der Waals surface area contributed by atoms with Crippen LogP contribution in [0, 0.1) is 11.3 Å². The molecule has 0 aliphatic rings. The Hall–Kier alpha value is -2.10. The molecule has 1 aromatic carbocycles. The van der Waals surface area contributed by atoms with Gasteiger partial charge < -0.3 is 10.6 Å². The highest BCUT2D eigenvalue weighted by molar-refractivity contribution is 6.07. The fourth-order valence-corrected chi connectivity index (χ4v) is 2.35. The molecule has 1 aromatic heterocycles. The van der Waals surface area contributed by atoms with E-state index < -0.39 is 0 Å². The van der Waals surface area contributed by atoms with Gasteiger partial charge in [-0.2, -0.15) is 0 Å². The average molecular weight is 270 g/mol. The Labute approximate surface area is 120 Å². The lowest BCUT2D eigenvalue weighted by Gasteiger charge is -2.32. The summed E-state index contributed by atoms with van der Waals surface area (Å²) >= 11 is 0. The van der Waals surface area contributed by atoms with Gasteiger partial charge in [-0.15, -0.1) is 0 Å². The third kappa shape index (κ3) is 2.46. The lowest BCUT2D eigenvalue weighted by Crippen LogP contribution is -2.35. The smallest absolute Gasteiger partial charge is 0.126 e. The summed E-state index contributed by atoms with van der Waals surface area (Å²) in [4.78, 5) is 6.60. The zero-order chi connectivity index (χ0) is 14.9. The fraction of sp³-hybridized carbons (Fsp3) is 0.375. The van der Waals surface area contributed by atoms with Crippen molar-refractivity contribution in [3.05, 3.63) is 36.0 Å². The van der Waals surface area contributed by atoms with E-state index in [0.29, 0.717) is 17.5 Å². The van der Waals surface area contributed by atoms with Gasteiger partial charge in [0.2, 0.25) is 0 Å². The van der Waals surface area contributed by atoms with Crippen LogP contribution in [0.4, 0.5) is 5.69 Å². The topological polar surface area (TPSA) is 66.0 Å². The first-order valence-corrected chi connectivity index (χ1v) is 6.88. The van der Waals surface area contributed by atoms with Crippen molar-refractivity contribution >= 4 is 22.4 Å². The highest BCUT2D eigenvalue weighted by Crippen LogP contribution is 2.31.